The SMILES string of the molecule is O=C(O)[C@H](O)[C@H]1OCCN(c2ccc(Br)cc2)C1=O. The molecule has 0 radical (unpaired) electrons. The quantitative estimate of drug-likeness (QED) is 0.849. The summed E-state index contributed by atoms with van der Waals surface area (Å²) in [5, 5.41) is 18.2. The third-order valence-electron chi connectivity index (χ3n) is 2.80. The first-order valence-electron chi connectivity index (χ1n) is 5.60. The normalized spacial score (nSPS) is 21.3. The fraction of sp³-hybridized carbons (Fsp3) is 0.333. The second-order valence-electron chi connectivity index (χ2n) is 4.04. The van der Waals surface area contributed by atoms with Gasteiger partial charge in [-0.05, 0) is 24.3 Å². The summed E-state index contributed by atoms with van der Waals surface area (Å²) in [4.78, 5) is 24.3. The molecule has 1 aliphatic heterocycles. The first-order valence-corrected chi connectivity index (χ1v) is 6.39. The zero-order chi connectivity index (χ0) is 14.0. The van der Waals surface area contributed by atoms with Gasteiger partial charge >= 0.3 is 5.97 Å². The molecule has 7 heteroatoms. The van der Waals surface area contributed by atoms with Crippen LogP contribution in [0.1, 0.15) is 0 Å². The van der Waals surface area contributed by atoms with Crippen molar-refractivity contribution in [1.82, 2.24) is 0 Å². The Balaban J connectivity index is 2.20. The van der Waals surface area contributed by atoms with Crippen molar-refractivity contribution in [3.8, 4) is 0 Å². The topological polar surface area (TPSA) is 87.1 Å². The number of rotatable bonds is 3. The van der Waals surface area contributed by atoms with Crippen molar-refractivity contribution < 1.29 is 24.5 Å². The molecule has 1 aromatic rings. The van der Waals surface area contributed by atoms with Crippen LogP contribution >= 0.6 is 15.9 Å². The Hall–Kier alpha value is -1.44. The number of anilines is 1. The van der Waals surface area contributed by atoms with Crippen LogP contribution in [0.25, 0.3) is 0 Å². The Morgan fingerprint density at radius 2 is 2.05 bits per heavy atom. The standard InChI is InChI=1S/C12H12BrNO5/c13-7-1-3-8(4-2-7)14-5-6-19-10(11(14)16)9(15)12(17)18/h1-4,9-10,15H,5-6H2,(H,17,18)/t9-,10-/m1/s1. The van der Waals surface area contributed by atoms with Crippen LogP contribution in [-0.2, 0) is 14.3 Å². The van der Waals surface area contributed by atoms with Crippen molar-refractivity contribution in [2.24, 2.45) is 0 Å². The van der Waals surface area contributed by atoms with E-state index in [-0.39, 0.29) is 6.61 Å². The number of carboxylic acids is 1. The van der Waals surface area contributed by atoms with E-state index in [0.717, 1.165) is 4.47 Å². The van der Waals surface area contributed by atoms with Gasteiger partial charge in [-0.25, -0.2) is 4.79 Å². The summed E-state index contributed by atoms with van der Waals surface area (Å²) in [6.45, 7) is 0.500. The van der Waals surface area contributed by atoms with Crippen LogP contribution in [0.5, 0.6) is 0 Å². The van der Waals surface area contributed by atoms with Crippen molar-refractivity contribution in [1.29, 1.82) is 0 Å². The summed E-state index contributed by atoms with van der Waals surface area (Å²) in [5.74, 6) is -2.03. The number of nitrogens with zero attached hydrogens (tertiary/aromatic N) is 1. The number of ether oxygens (including phenoxy) is 1. The first-order chi connectivity index (χ1) is 9.00. The van der Waals surface area contributed by atoms with Gasteiger partial charge in [-0.3, -0.25) is 4.79 Å². The lowest BCUT2D eigenvalue weighted by Crippen LogP contribution is -2.54. The lowest BCUT2D eigenvalue weighted by atomic mass is 10.1. The Kier molecular flexibility index (Phi) is 4.18. The van der Waals surface area contributed by atoms with Gasteiger partial charge in [0, 0.05) is 16.7 Å². The number of amides is 1. The van der Waals surface area contributed by atoms with E-state index in [1.807, 2.05) is 0 Å². The predicted molar refractivity (Wildman–Crippen MR) is 69.9 cm³/mol. The molecule has 0 saturated carbocycles. The Morgan fingerprint density at radius 3 is 2.63 bits per heavy atom. The number of aliphatic hydroxyl groups excluding tert-OH is 1. The molecule has 1 heterocycles. The van der Waals surface area contributed by atoms with Crippen LogP contribution in [-0.4, -0.2) is 47.4 Å². The summed E-state index contributed by atoms with van der Waals surface area (Å²) in [7, 11) is 0. The fourth-order valence-electron chi connectivity index (χ4n) is 1.84. The molecule has 0 bridgehead atoms. The highest BCUT2D eigenvalue weighted by Gasteiger charge is 2.39. The minimum atomic E-state index is -1.86. The highest BCUT2D eigenvalue weighted by atomic mass is 79.9. The number of carbonyl (C=O) groups excluding carboxylic acids is 1. The third-order valence-corrected chi connectivity index (χ3v) is 3.33. The van der Waals surface area contributed by atoms with E-state index < -0.39 is 24.1 Å². The molecule has 0 aromatic heterocycles. The molecule has 102 valence electrons. The number of carboxylic acid groups (broad SMARTS) is 1. The molecule has 0 spiro atoms. The molecule has 1 aliphatic rings. The number of morpholine rings is 1. The lowest BCUT2D eigenvalue weighted by Gasteiger charge is -2.33. The highest BCUT2D eigenvalue weighted by molar-refractivity contribution is 9.10. The molecule has 2 rings (SSSR count). The van der Waals surface area contributed by atoms with Crippen LogP contribution in [0.3, 0.4) is 0 Å². The summed E-state index contributed by atoms with van der Waals surface area (Å²) in [6, 6.07) is 7.02. The summed E-state index contributed by atoms with van der Waals surface area (Å²) in [5.41, 5.74) is 0.638. The summed E-state index contributed by atoms with van der Waals surface area (Å²) >= 11 is 3.29. The number of aliphatic hydroxyl groups is 1. The monoisotopic (exact) mass is 329 g/mol. The molecular weight excluding hydrogens is 318 g/mol. The van der Waals surface area contributed by atoms with Gasteiger partial charge < -0.3 is 19.8 Å². The molecule has 6 nitrogen and oxygen atoms in total. The summed E-state index contributed by atoms with van der Waals surface area (Å²) < 4.78 is 5.93. The highest BCUT2D eigenvalue weighted by Crippen LogP contribution is 2.22. The van der Waals surface area contributed by atoms with Crippen molar-refractivity contribution in [2.75, 3.05) is 18.1 Å². The van der Waals surface area contributed by atoms with Gasteiger partial charge in [-0.1, -0.05) is 15.9 Å². The zero-order valence-electron chi connectivity index (χ0n) is 9.82. The average molecular weight is 330 g/mol. The van der Waals surface area contributed by atoms with Gasteiger partial charge in [-0.2, -0.15) is 0 Å². The summed E-state index contributed by atoms with van der Waals surface area (Å²) in [6.07, 6.45) is -3.22. The Labute approximate surface area is 117 Å². The fourth-order valence-corrected chi connectivity index (χ4v) is 2.10. The van der Waals surface area contributed by atoms with E-state index in [1.54, 1.807) is 24.3 Å². The molecule has 2 atom stereocenters. The second kappa shape index (κ2) is 5.68. The van der Waals surface area contributed by atoms with E-state index in [9.17, 15) is 14.7 Å². The molecule has 1 fully saturated rings. The van der Waals surface area contributed by atoms with Gasteiger partial charge in [-0.15, -0.1) is 0 Å². The second-order valence-corrected chi connectivity index (χ2v) is 4.96. The van der Waals surface area contributed by atoms with Crippen LogP contribution in [0.2, 0.25) is 0 Å². The number of halogens is 1. The Morgan fingerprint density at radius 1 is 1.42 bits per heavy atom. The number of aliphatic carboxylic acids is 1. The maximum atomic E-state index is 12.1. The van der Waals surface area contributed by atoms with Gasteiger partial charge in [0.05, 0.1) is 6.61 Å². The molecule has 1 saturated heterocycles. The molecule has 0 aliphatic carbocycles. The molecule has 1 amide bonds. The maximum absolute atomic E-state index is 12.1. The number of carbonyl (C=O) groups is 2. The van der Waals surface area contributed by atoms with E-state index in [1.165, 1.54) is 4.90 Å². The van der Waals surface area contributed by atoms with Crippen molar-refractivity contribution in [3.63, 3.8) is 0 Å². The first kappa shape index (κ1) is 14.0. The lowest BCUT2D eigenvalue weighted by molar-refractivity contribution is -0.163. The van der Waals surface area contributed by atoms with E-state index in [0.29, 0.717) is 12.2 Å². The van der Waals surface area contributed by atoms with Gasteiger partial charge in [0.15, 0.2) is 12.2 Å². The molecular formula is C12H12BrNO5. The molecule has 2 N–H and O–H groups in total. The van der Waals surface area contributed by atoms with Gasteiger partial charge in [0.1, 0.15) is 0 Å². The maximum Gasteiger partial charge on any atom is 0.335 e. The number of benzene rings is 1. The average Bonchev–Trinajstić information content (AvgIpc) is 2.39. The number of hydrogen-bond donors (Lipinski definition) is 2. The predicted octanol–water partition coefficient (Wildman–Crippen LogP) is 0.626. The molecule has 0 unspecified atom stereocenters. The van der Waals surface area contributed by atoms with Crippen LogP contribution in [0, 0.1) is 0 Å². The number of hydrogen-bond acceptors (Lipinski definition) is 4. The van der Waals surface area contributed by atoms with Crippen molar-refractivity contribution in [2.45, 2.75) is 12.2 Å². The van der Waals surface area contributed by atoms with Gasteiger partial charge in [0.2, 0.25) is 0 Å². The van der Waals surface area contributed by atoms with Crippen LogP contribution in [0.15, 0.2) is 28.7 Å². The van der Waals surface area contributed by atoms with Crippen molar-refractivity contribution in [3.05, 3.63) is 28.7 Å². The van der Waals surface area contributed by atoms with E-state index >= 15 is 0 Å². The van der Waals surface area contributed by atoms with E-state index in [4.69, 9.17) is 9.84 Å². The minimum Gasteiger partial charge on any atom is -0.479 e. The van der Waals surface area contributed by atoms with E-state index in [2.05, 4.69) is 15.9 Å². The Bertz CT molecular complexity index is 489. The van der Waals surface area contributed by atoms with Crippen molar-refractivity contribution >= 4 is 33.5 Å². The van der Waals surface area contributed by atoms with Crippen LogP contribution in [0.4, 0.5) is 5.69 Å². The third kappa shape index (κ3) is 2.94. The minimum absolute atomic E-state index is 0.177. The molecule has 1 aromatic carbocycles. The van der Waals surface area contributed by atoms with Crippen LogP contribution < -0.4 is 4.90 Å². The molecule has 19 heavy (non-hydrogen) atoms. The van der Waals surface area contributed by atoms with Gasteiger partial charge in [0.25, 0.3) is 5.91 Å². The largest absolute Gasteiger partial charge is 0.479 e. The zero-order valence-corrected chi connectivity index (χ0v) is 11.4. The smallest absolute Gasteiger partial charge is 0.335 e.